The van der Waals surface area contributed by atoms with E-state index in [1.807, 2.05) is 0 Å². The quantitative estimate of drug-likeness (QED) is 0.697. The van der Waals surface area contributed by atoms with E-state index in [1.54, 1.807) is 6.26 Å². The third kappa shape index (κ3) is 1.93. The molecule has 0 bridgehead atoms. The van der Waals surface area contributed by atoms with Crippen LogP contribution < -0.4 is 0 Å². The van der Waals surface area contributed by atoms with Crippen molar-refractivity contribution >= 4 is 0 Å². The molecule has 2 nitrogen and oxygen atoms in total. The summed E-state index contributed by atoms with van der Waals surface area (Å²) in [4.78, 5) is 0. The van der Waals surface area contributed by atoms with Crippen LogP contribution in [-0.2, 0) is 11.8 Å². The maximum absolute atomic E-state index is 5.05. The first kappa shape index (κ1) is 8.79. The molecular weight excluding hydrogens is 162 g/mol. The summed E-state index contributed by atoms with van der Waals surface area (Å²) < 4.78 is 5.05. The summed E-state index contributed by atoms with van der Waals surface area (Å²) in [7, 11) is 0. The molecule has 72 valence electrons. The second-order valence-electron chi connectivity index (χ2n) is 5.07. The molecule has 1 aliphatic carbocycles. The molecule has 13 heavy (non-hydrogen) atoms. The van der Waals surface area contributed by atoms with E-state index in [2.05, 4.69) is 25.9 Å². The van der Waals surface area contributed by atoms with Gasteiger partial charge in [-0.05, 0) is 30.6 Å². The first-order valence-electron chi connectivity index (χ1n) is 5.01. The fourth-order valence-electron chi connectivity index (χ4n) is 1.61. The van der Waals surface area contributed by atoms with Gasteiger partial charge in [0.25, 0.3) is 0 Å². The molecule has 1 aliphatic rings. The average Bonchev–Trinajstić information content (AvgIpc) is 2.63. The van der Waals surface area contributed by atoms with Crippen molar-refractivity contribution < 1.29 is 4.52 Å². The number of hydrogen-bond donors (Lipinski definition) is 0. The van der Waals surface area contributed by atoms with E-state index in [0.717, 1.165) is 12.3 Å². The Morgan fingerprint density at radius 1 is 1.46 bits per heavy atom. The van der Waals surface area contributed by atoms with Crippen molar-refractivity contribution in [3.63, 3.8) is 0 Å². The molecule has 0 amide bonds. The van der Waals surface area contributed by atoms with E-state index in [0.29, 0.717) is 0 Å². The molecule has 0 atom stereocenters. The Morgan fingerprint density at radius 2 is 2.15 bits per heavy atom. The Morgan fingerprint density at radius 3 is 2.69 bits per heavy atom. The normalized spacial score (nSPS) is 17.8. The van der Waals surface area contributed by atoms with Crippen molar-refractivity contribution in [1.82, 2.24) is 5.16 Å². The van der Waals surface area contributed by atoms with Crippen LogP contribution >= 0.6 is 0 Å². The predicted octanol–water partition coefficient (Wildman–Crippen LogP) is 2.92. The van der Waals surface area contributed by atoms with Crippen LogP contribution in [0.4, 0.5) is 0 Å². The van der Waals surface area contributed by atoms with Crippen molar-refractivity contribution in [2.45, 2.75) is 45.4 Å². The first-order valence-corrected chi connectivity index (χ1v) is 5.01. The monoisotopic (exact) mass is 179 g/mol. The molecule has 0 N–H and O–H groups in total. The van der Waals surface area contributed by atoms with Gasteiger partial charge in [0, 0.05) is 5.56 Å². The lowest BCUT2D eigenvalue weighted by Gasteiger charge is -2.16. The standard InChI is InChI=1S/C11H17NO/c1-11(2,3)9-7-13-12-10(9)6-8-4-5-8/h7-8H,4-6H2,1-3H3. The minimum absolute atomic E-state index is 0.171. The Kier molecular flexibility index (Phi) is 1.94. The SMILES string of the molecule is CC(C)(C)c1conc1CC1CC1. The van der Waals surface area contributed by atoms with Crippen molar-refractivity contribution in [2.24, 2.45) is 5.92 Å². The van der Waals surface area contributed by atoms with Crippen LogP contribution in [-0.4, -0.2) is 5.16 Å². The summed E-state index contributed by atoms with van der Waals surface area (Å²) in [6, 6.07) is 0. The Bertz CT molecular complexity index is 291. The van der Waals surface area contributed by atoms with E-state index in [4.69, 9.17) is 4.52 Å². The van der Waals surface area contributed by atoms with Crippen LogP contribution in [0.1, 0.15) is 44.9 Å². The van der Waals surface area contributed by atoms with Crippen LogP contribution in [0.3, 0.4) is 0 Å². The number of aromatic nitrogens is 1. The highest BCUT2D eigenvalue weighted by Crippen LogP contribution is 2.35. The molecular formula is C11H17NO. The lowest BCUT2D eigenvalue weighted by Crippen LogP contribution is -2.13. The molecule has 1 heterocycles. The van der Waals surface area contributed by atoms with Crippen molar-refractivity contribution in [2.75, 3.05) is 0 Å². The smallest absolute Gasteiger partial charge is 0.127 e. The van der Waals surface area contributed by atoms with Crippen LogP contribution in [0, 0.1) is 5.92 Å². The zero-order valence-corrected chi connectivity index (χ0v) is 8.63. The van der Waals surface area contributed by atoms with Gasteiger partial charge in [-0.3, -0.25) is 0 Å². The highest BCUT2D eigenvalue weighted by Gasteiger charge is 2.27. The molecule has 1 fully saturated rings. The van der Waals surface area contributed by atoms with E-state index in [9.17, 15) is 0 Å². The lowest BCUT2D eigenvalue weighted by atomic mass is 9.86. The molecule has 0 radical (unpaired) electrons. The zero-order chi connectivity index (χ0) is 9.47. The highest BCUT2D eigenvalue weighted by atomic mass is 16.5. The zero-order valence-electron chi connectivity index (χ0n) is 8.63. The van der Waals surface area contributed by atoms with Gasteiger partial charge in [-0.2, -0.15) is 0 Å². The molecule has 0 aliphatic heterocycles. The van der Waals surface area contributed by atoms with Gasteiger partial charge in [-0.15, -0.1) is 0 Å². The minimum Gasteiger partial charge on any atom is -0.364 e. The largest absolute Gasteiger partial charge is 0.364 e. The molecule has 1 aromatic heterocycles. The summed E-state index contributed by atoms with van der Waals surface area (Å²) in [6.45, 7) is 6.61. The van der Waals surface area contributed by atoms with Gasteiger partial charge < -0.3 is 4.52 Å². The van der Waals surface area contributed by atoms with Gasteiger partial charge in [-0.1, -0.05) is 25.9 Å². The van der Waals surface area contributed by atoms with Crippen molar-refractivity contribution in [3.05, 3.63) is 17.5 Å². The molecule has 2 heteroatoms. The van der Waals surface area contributed by atoms with E-state index >= 15 is 0 Å². The second kappa shape index (κ2) is 2.86. The fourth-order valence-corrected chi connectivity index (χ4v) is 1.61. The van der Waals surface area contributed by atoms with E-state index < -0.39 is 0 Å². The maximum atomic E-state index is 5.05. The molecule has 1 saturated carbocycles. The molecule has 2 rings (SSSR count). The van der Waals surface area contributed by atoms with E-state index in [1.165, 1.54) is 24.1 Å². The fraction of sp³-hybridized carbons (Fsp3) is 0.727. The van der Waals surface area contributed by atoms with Crippen LogP contribution in [0.25, 0.3) is 0 Å². The van der Waals surface area contributed by atoms with Crippen LogP contribution in [0.5, 0.6) is 0 Å². The third-order valence-corrected chi connectivity index (χ3v) is 2.63. The molecule has 0 spiro atoms. The van der Waals surface area contributed by atoms with Gasteiger partial charge in [0.2, 0.25) is 0 Å². The van der Waals surface area contributed by atoms with Crippen molar-refractivity contribution in [1.29, 1.82) is 0 Å². The summed E-state index contributed by atoms with van der Waals surface area (Å²) in [5, 5.41) is 4.09. The lowest BCUT2D eigenvalue weighted by molar-refractivity contribution is 0.408. The maximum Gasteiger partial charge on any atom is 0.127 e. The summed E-state index contributed by atoms with van der Waals surface area (Å²) in [6.07, 6.45) is 5.66. The Balaban J connectivity index is 2.19. The van der Waals surface area contributed by atoms with E-state index in [-0.39, 0.29) is 5.41 Å². The average molecular weight is 179 g/mol. The topological polar surface area (TPSA) is 26.0 Å². The minimum atomic E-state index is 0.171. The number of hydrogen-bond acceptors (Lipinski definition) is 2. The van der Waals surface area contributed by atoms with Gasteiger partial charge >= 0.3 is 0 Å². The molecule has 0 unspecified atom stereocenters. The molecule has 1 aromatic rings. The summed E-state index contributed by atoms with van der Waals surface area (Å²) in [5.41, 5.74) is 2.62. The number of nitrogens with zero attached hydrogens (tertiary/aromatic N) is 1. The second-order valence-corrected chi connectivity index (χ2v) is 5.07. The van der Waals surface area contributed by atoms with Crippen molar-refractivity contribution in [3.8, 4) is 0 Å². The van der Waals surface area contributed by atoms with Crippen LogP contribution in [0.15, 0.2) is 10.8 Å². The van der Waals surface area contributed by atoms with Gasteiger partial charge in [0.15, 0.2) is 0 Å². The van der Waals surface area contributed by atoms with Gasteiger partial charge in [0.05, 0.1) is 5.69 Å². The Labute approximate surface area is 79.3 Å². The molecule has 0 aromatic carbocycles. The number of rotatable bonds is 2. The Hall–Kier alpha value is -0.790. The van der Waals surface area contributed by atoms with Gasteiger partial charge in [0.1, 0.15) is 6.26 Å². The summed E-state index contributed by atoms with van der Waals surface area (Å²) in [5.74, 6) is 0.881. The summed E-state index contributed by atoms with van der Waals surface area (Å²) >= 11 is 0. The first-order chi connectivity index (χ1) is 6.07. The highest BCUT2D eigenvalue weighted by molar-refractivity contribution is 5.24. The molecule has 0 saturated heterocycles. The third-order valence-electron chi connectivity index (χ3n) is 2.63. The van der Waals surface area contributed by atoms with Crippen LogP contribution in [0.2, 0.25) is 0 Å². The van der Waals surface area contributed by atoms with Gasteiger partial charge in [-0.25, -0.2) is 0 Å². The predicted molar refractivity (Wildman–Crippen MR) is 51.6 cm³/mol.